The summed E-state index contributed by atoms with van der Waals surface area (Å²) >= 11 is 12.0. The summed E-state index contributed by atoms with van der Waals surface area (Å²) in [6, 6.07) is 9.03. The number of aromatic nitrogens is 2. The third kappa shape index (κ3) is 3.70. The number of nitrogens with one attached hydrogen (secondary N) is 1. The molecule has 2 aromatic carbocycles. The molecular formula is C15H8Cl2FN3O3S2. The number of amides is 1. The first-order valence-electron chi connectivity index (χ1n) is 6.88. The van der Waals surface area contributed by atoms with Gasteiger partial charge in [-0.15, -0.1) is 5.10 Å². The Balaban J connectivity index is 1.93. The predicted octanol–water partition coefficient (Wildman–Crippen LogP) is 4.07. The van der Waals surface area contributed by atoms with Crippen molar-refractivity contribution in [2.24, 2.45) is 0 Å². The van der Waals surface area contributed by atoms with Crippen LogP contribution in [0.2, 0.25) is 10.0 Å². The van der Waals surface area contributed by atoms with E-state index < -0.39 is 21.6 Å². The van der Waals surface area contributed by atoms with Crippen LogP contribution in [0.3, 0.4) is 0 Å². The SMILES string of the molecule is O=C(Nc1ccc(F)c(Cl)c1)c1nnsc1S(=O)(=O)c1ccc(Cl)cc1. The van der Waals surface area contributed by atoms with Gasteiger partial charge in [0.05, 0.1) is 9.92 Å². The van der Waals surface area contributed by atoms with Crippen molar-refractivity contribution < 1.29 is 17.6 Å². The largest absolute Gasteiger partial charge is 0.320 e. The lowest BCUT2D eigenvalue weighted by Gasteiger charge is -2.06. The van der Waals surface area contributed by atoms with E-state index in [0.29, 0.717) is 16.6 Å². The number of rotatable bonds is 4. The van der Waals surface area contributed by atoms with Crippen molar-refractivity contribution in [3.8, 4) is 0 Å². The number of anilines is 1. The summed E-state index contributed by atoms with van der Waals surface area (Å²) in [4.78, 5) is 12.3. The molecule has 0 spiro atoms. The molecule has 6 nitrogen and oxygen atoms in total. The smallest absolute Gasteiger partial charge is 0.278 e. The number of carbonyl (C=O) groups excluding carboxylic acids is 1. The van der Waals surface area contributed by atoms with E-state index in [9.17, 15) is 17.6 Å². The van der Waals surface area contributed by atoms with Crippen molar-refractivity contribution in [2.75, 3.05) is 5.32 Å². The zero-order valence-corrected chi connectivity index (χ0v) is 15.8. The molecule has 0 unspecified atom stereocenters. The average Bonchev–Trinajstić information content (AvgIpc) is 3.09. The molecule has 0 saturated carbocycles. The lowest BCUT2D eigenvalue weighted by Crippen LogP contribution is -2.16. The Morgan fingerprint density at radius 1 is 1.12 bits per heavy atom. The van der Waals surface area contributed by atoms with Crippen molar-refractivity contribution in [1.29, 1.82) is 0 Å². The van der Waals surface area contributed by atoms with Crippen LogP contribution in [-0.2, 0) is 9.84 Å². The number of halogens is 3. The van der Waals surface area contributed by atoms with Gasteiger partial charge in [0.25, 0.3) is 5.91 Å². The van der Waals surface area contributed by atoms with Crippen LogP contribution in [0, 0.1) is 5.82 Å². The fraction of sp³-hybridized carbons (Fsp3) is 0. The molecule has 0 fully saturated rings. The van der Waals surface area contributed by atoms with Crippen molar-refractivity contribution >= 4 is 56.2 Å². The molecule has 11 heteroatoms. The van der Waals surface area contributed by atoms with E-state index in [1.807, 2.05) is 0 Å². The van der Waals surface area contributed by atoms with Crippen LogP contribution in [-0.4, -0.2) is 23.9 Å². The van der Waals surface area contributed by atoms with Crippen LogP contribution in [0.5, 0.6) is 0 Å². The van der Waals surface area contributed by atoms with E-state index in [2.05, 4.69) is 14.9 Å². The number of benzene rings is 2. The normalized spacial score (nSPS) is 11.3. The molecular weight excluding hydrogens is 424 g/mol. The molecule has 0 aliphatic rings. The van der Waals surface area contributed by atoms with Crippen LogP contribution >= 0.6 is 34.7 Å². The molecule has 0 bridgehead atoms. The van der Waals surface area contributed by atoms with E-state index in [1.165, 1.54) is 36.4 Å². The third-order valence-electron chi connectivity index (χ3n) is 3.22. The van der Waals surface area contributed by atoms with Gasteiger partial charge < -0.3 is 5.32 Å². The summed E-state index contributed by atoms with van der Waals surface area (Å²) in [6.07, 6.45) is 0. The zero-order valence-electron chi connectivity index (χ0n) is 12.6. The van der Waals surface area contributed by atoms with Gasteiger partial charge in [0, 0.05) is 22.2 Å². The minimum atomic E-state index is -4.01. The summed E-state index contributed by atoms with van der Waals surface area (Å²) in [5, 5.41) is 6.21. The van der Waals surface area contributed by atoms with Gasteiger partial charge in [0.15, 0.2) is 9.90 Å². The lowest BCUT2D eigenvalue weighted by atomic mass is 10.3. The van der Waals surface area contributed by atoms with Crippen molar-refractivity contribution in [3.05, 3.63) is 64.0 Å². The first-order valence-corrected chi connectivity index (χ1v) is 9.89. The maximum Gasteiger partial charge on any atom is 0.278 e. The number of hydrogen-bond donors (Lipinski definition) is 1. The van der Waals surface area contributed by atoms with Gasteiger partial charge in [0.1, 0.15) is 5.82 Å². The maximum atomic E-state index is 13.2. The minimum absolute atomic E-state index is 0.0492. The van der Waals surface area contributed by atoms with Gasteiger partial charge in [-0.3, -0.25) is 4.79 Å². The van der Waals surface area contributed by atoms with Gasteiger partial charge in [-0.25, -0.2) is 12.8 Å². The highest BCUT2D eigenvalue weighted by Gasteiger charge is 2.29. The Bertz CT molecular complexity index is 1090. The standard InChI is InChI=1S/C15H8Cl2FN3O3S2/c16-8-1-4-10(5-2-8)26(23,24)15-13(20-21-25-15)14(22)19-9-3-6-12(18)11(17)7-9/h1-7H,(H,19,22). The lowest BCUT2D eigenvalue weighted by molar-refractivity contribution is 0.101. The molecule has 0 aliphatic heterocycles. The van der Waals surface area contributed by atoms with E-state index in [1.54, 1.807) is 0 Å². The highest BCUT2D eigenvalue weighted by Crippen LogP contribution is 2.28. The molecule has 134 valence electrons. The van der Waals surface area contributed by atoms with Gasteiger partial charge in [-0.2, -0.15) is 0 Å². The van der Waals surface area contributed by atoms with Crippen molar-refractivity contribution in [3.63, 3.8) is 0 Å². The molecule has 1 N–H and O–H groups in total. The van der Waals surface area contributed by atoms with Gasteiger partial charge >= 0.3 is 0 Å². The van der Waals surface area contributed by atoms with Crippen LogP contribution in [0.25, 0.3) is 0 Å². The number of sulfone groups is 1. The van der Waals surface area contributed by atoms with E-state index in [0.717, 1.165) is 6.07 Å². The Hall–Kier alpha value is -2.07. The van der Waals surface area contributed by atoms with Gasteiger partial charge in [-0.05, 0) is 42.5 Å². The van der Waals surface area contributed by atoms with Crippen LogP contribution in [0.4, 0.5) is 10.1 Å². The molecule has 3 aromatic rings. The Morgan fingerprint density at radius 3 is 2.46 bits per heavy atom. The van der Waals surface area contributed by atoms with E-state index in [-0.39, 0.29) is 25.5 Å². The second-order valence-electron chi connectivity index (χ2n) is 4.95. The second kappa shape index (κ2) is 7.28. The second-order valence-corrected chi connectivity index (χ2v) is 8.69. The molecule has 0 aliphatic carbocycles. The fourth-order valence-electron chi connectivity index (χ4n) is 1.98. The van der Waals surface area contributed by atoms with Crippen molar-refractivity contribution in [2.45, 2.75) is 9.10 Å². The quantitative estimate of drug-likeness (QED) is 0.672. The molecule has 0 atom stereocenters. The molecule has 26 heavy (non-hydrogen) atoms. The summed E-state index contributed by atoms with van der Waals surface area (Å²) in [6.45, 7) is 0. The average molecular weight is 432 g/mol. The maximum absolute atomic E-state index is 13.2. The Kier molecular flexibility index (Phi) is 5.24. The highest BCUT2D eigenvalue weighted by molar-refractivity contribution is 7.93. The van der Waals surface area contributed by atoms with E-state index in [4.69, 9.17) is 23.2 Å². The predicted molar refractivity (Wildman–Crippen MR) is 96.2 cm³/mol. The van der Waals surface area contributed by atoms with Crippen LogP contribution in [0.1, 0.15) is 10.5 Å². The number of nitrogens with zero attached hydrogens (tertiary/aromatic N) is 2. The summed E-state index contributed by atoms with van der Waals surface area (Å²) in [5.41, 5.74) is -0.186. The van der Waals surface area contributed by atoms with Gasteiger partial charge in [0.2, 0.25) is 9.84 Å². The van der Waals surface area contributed by atoms with Crippen molar-refractivity contribution in [1.82, 2.24) is 9.59 Å². The molecule has 1 heterocycles. The minimum Gasteiger partial charge on any atom is -0.320 e. The topological polar surface area (TPSA) is 89.0 Å². The Morgan fingerprint density at radius 2 is 1.81 bits per heavy atom. The first kappa shape index (κ1) is 18.7. The fourth-order valence-corrected chi connectivity index (χ4v) is 4.58. The van der Waals surface area contributed by atoms with E-state index >= 15 is 0 Å². The molecule has 0 saturated heterocycles. The molecule has 3 rings (SSSR count). The molecule has 1 amide bonds. The number of carbonyl (C=O) groups is 1. The summed E-state index contributed by atoms with van der Waals surface area (Å²) in [5.74, 6) is -1.46. The monoisotopic (exact) mass is 431 g/mol. The Labute approximate surface area is 161 Å². The first-order chi connectivity index (χ1) is 12.3. The van der Waals surface area contributed by atoms with Gasteiger partial charge in [-0.1, -0.05) is 27.7 Å². The summed E-state index contributed by atoms with van der Waals surface area (Å²) in [7, 11) is -4.01. The zero-order chi connectivity index (χ0) is 18.9. The molecule has 0 radical (unpaired) electrons. The van der Waals surface area contributed by atoms with Crippen LogP contribution < -0.4 is 5.32 Å². The molecule has 1 aromatic heterocycles. The van der Waals surface area contributed by atoms with Crippen LogP contribution in [0.15, 0.2) is 51.6 Å². The summed E-state index contributed by atoms with van der Waals surface area (Å²) < 4.78 is 41.9. The third-order valence-corrected chi connectivity index (χ3v) is 6.74. The highest BCUT2D eigenvalue weighted by atomic mass is 35.5. The number of hydrogen-bond acceptors (Lipinski definition) is 6.